The fourth-order valence-corrected chi connectivity index (χ4v) is 3.40. The summed E-state index contributed by atoms with van der Waals surface area (Å²) in [4.78, 5) is 0. The standard InChI is InChI=1S/C18H29N5O/c1-13(2)11-23-14(3)17(10-21-23)19-8-15-6-5-7-24-18(15)16-9-20-22(4)12-16/h9-10,12-13,15,18-19H,5-8,11H2,1-4H3/t15-,18+/m0/s1. The Morgan fingerprint density at radius 2 is 2.17 bits per heavy atom. The van der Waals surface area contributed by atoms with Crippen molar-refractivity contribution in [2.24, 2.45) is 18.9 Å². The Morgan fingerprint density at radius 3 is 2.88 bits per heavy atom. The average Bonchev–Trinajstić information content (AvgIpc) is 3.13. The van der Waals surface area contributed by atoms with E-state index in [9.17, 15) is 0 Å². The lowest BCUT2D eigenvalue weighted by molar-refractivity contribution is -0.0238. The third kappa shape index (κ3) is 3.80. The van der Waals surface area contributed by atoms with Gasteiger partial charge in [0.25, 0.3) is 0 Å². The summed E-state index contributed by atoms with van der Waals surface area (Å²) in [7, 11) is 1.95. The third-order valence-electron chi connectivity index (χ3n) is 4.69. The Hall–Kier alpha value is -1.82. The molecule has 0 bridgehead atoms. The van der Waals surface area contributed by atoms with E-state index in [0.29, 0.717) is 11.8 Å². The molecule has 0 aliphatic carbocycles. The summed E-state index contributed by atoms with van der Waals surface area (Å²) in [5.41, 5.74) is 3.51. The average molecular weight is 331 g/mol. The molecule has 6 heteroatoms. The zero-order valence-corrected chi connectivity index (χ0v) is 15.2. The first-order valence-corrected chi connectivity index (χ1v) is 8.91. The van der Waals surface area contributed by atoms with Crippen molar-refractivity contribution in [1.82, 2.24) is 19.6 Å². The molecule has 3 rings (SSSR count). The van der Waals surface area contributed by atoms with E-state index in [1.54, 1.807) is 0 Å². The van der Waals surface area contributed by atoms with Crippen LogP contribution in [-0.2, 0) is 18.3 Å². The third-order valence-corrected chi connectivity index (χ3v) is 4.69. The zero-order valence-electron chi connectivity index (χ0n) is 15.2. The van der Waals surface area contributed by atoms with E-state index in [4.69, 9.17) is 4.74 Å². The number of nitrogens with zero attached hydrogens (tertiary/aromatic N) is 4. The van der Waals surface area contributed by atoms with Gasteiger partial charge in [-0.05, 0) is 25.7 Å². The largest absolute Gasteiger partial charge is 0.382 e. The Labute approximate surface area is 144 Å². The van der Waals surface area contributed by atoms with Gasteiger partial charge in [0.1, 0.15) is 0 Å². The highest BCUT2D eigenvalue weighted by atomic mass is 16.5. The van der Waals surface area contributed by atoms with Crippen LogP contribution in [0.3, 0.4) is 0 Å². The number of anilines is 1. The van der Waals surface area contributed by atoms with Crippen LogP contribution in [0.1, 0.15) is 44.1 Å². The Bertz CT molecular complexity index is 660. The molecule has 24 heavy (non-hydrogen) atoms. The molecule has 1 saturated heterocycles. The maximum absolute atomic E-state index is 6.05. The first kappa shape index (κ1) is 17.0. The quantitative estimate of drug-likeness (QED) is 0.883. The lowest BCUT2D eigenvalue weighted by Gasteiger charge is -2.31. The summed E-state index contributed by atoms with van der Waals surface area (Å²) in [5, 5.41) is 12.4. The lowest BCUT2D eigenvalue weighted by atomic mass is 9.91. The number of aryl methyl sites for hydroxylation is 1. The molecule has 1 fully saturated rings. The number of aromatic nitrogens is 4. The van der Waals surface area contributed by atoms with E-state index >= 15 is 0 Å². The Kier molecular flexibility index (Phi) is 5.23. The highest BCUT2D eigenvalue weighted by Gasteiger charge is 2.28. The predicted octanol–water partition coefficient (Wildman–Crippen LogP) is 3.16. The van der Waals surface area contributed by atoms with Crippen LogP contribution in [0.2, 0.25) is 0 Å². The van der Waals surface area contributed by atoms with E-state index in [1.807, 2.05) is 24.1 Å². The minimum atomic E-state index is 0.131. The minimum Gasteiger partial charge on any atom is -0.382 e. The molecule has 2 aromatic heterocycles. The van der Waals surface area contributed by atoms with Crippen molar-refractivity contribution < 1.29 is 4.74 Å². The van der Waals surface area contributed by atoms with Crippen LogP contribution < -0.4 is 5.32 Å². The molecule has 2 aromatic rings. The van der Waals surface area contributed by atoms with E-state index in [2.05, 4.69) is 47.2 Å². The summed E-state index contributed by atoms with van der Waals surface area (Å²) in [6.07, 6.45) is 8.36. The monoisotopic (exact) mass is 331 g/mol. The van der Waals surface area contributed by atoms with Gasteiger partial charge in [0.2, 0.25) is 0 Å². The van der Waals surface area contributed by atoms with Crippen molar-refractivity contribution in [3.8, 4) is 0 Å². The molecule has 3 heterocycles. The first-order valence-electron chi connectivity index (χ1n) is 8.91. The van der Waals surface area contributed by atoms with Gasteiger partial charge in [-0.2, -0.15) is 10.2 Å². The molecule has 2 atom stereocenters. The van der Waals surface area contributed by atoms with E-state index in [0.717, 1.165) is 31.8 Å². The summed E-state index contributed by atoms with van der Waals surface area (Å²) >= 11 is 0. The molecule has 1 N–H and O–H groups in total. The van der Waals surface area contributed by atoms with Crippen LogP contribution >= 0.6 is 0 Å². The fraction of sp³-hybridized carbons (Fsp3) is 0.667. The number of hydrogen-bond donors (Lipinski definition) is 1. The zero-order chi connectivity index (χ0) is 17.1. The molecule has 1 aliphatic rings. The Balaban J connectivity index is 1.65. The van der Waals surface area contributed by atoms with Gasteiger partial charge in [-0.3, -0.25) is 9.36 Å². The summed E-state index contributed by atoms with van der Waals surface area (Å²) in [5.74, 6) is 1.05. The second-order valence-corrected chi connectivity index (χ2v) is 7.24. The maximum Gasteiger partial charge on any atom is 0.0900 e. The number of rotatable bonds is 6. The molecule has 0 saturated carbocycles. The van der Waals surface area contributed by atoms with Gasteiger partial charge < -0.3 is 10.1 Å². The van der Waals surface area contributed by atoms with Crippen LogP contribution in [0.15, 0.2) is 18.6 Å². The minimum absolute atomic E-state index is 0.131. The molecule has 0 aromatic carbocycles. The smallest absolute Gasteiger partial charge is 0.0900 e. The number of nitrogens with one attached hydrogen (secondary N) is 1. The molecule has 132 valence electrons. The van der Waals surface area contributed by atoms with Gasteiger partial charge in [-0.25, -0.2) is 0 Å². The van der Waals surface area contributed by atoms with E-state index in [1.165, 1.54) is 17.7 Å². The van der Waals surface area contributed by atoms with Crippen molar-refractivity contribution >= 4 is 5.69 Å². The van der Waals surface area contributed by atoms with Crippen LogP contribution in [0.5, 0.6) is 0 Å². The first-order chi connectivity index (χ1) is 11.5. The van der Waals surface area contributed by atoms with Crippen molar-refractivity contribution in [3.63, 3.8) is 0 Å². The molecule has 0 spiro atoms. The molecular weight excluding hydrogens is 302 g/mol. The second-order valence-electron chi connectivity index (χ2n) is 7.24. The molecule has 0 amide bonds. The van der Waals surface area contributed by atoms with Crippen LogP contribution in [-0.4, -0.2) is 32.7 Å². The van der Waals surface area contributed by atoms with Gasteiger partial charge in [0.15, 0.2) is 0 Å². The van der Waals surface area contributed by atoms with E-state index < -0.39 is 0 Å². The van der Waals surface area contributed by atoms with Crippen LogP contribution in [0.25, 0.3) is 0 Å². The second kappa shape index (κ2) is 7.38. The SMILES string of the molecule is Cc1c(NC[C@@H]2CCCO[C@H]2c2cnn(C)c2)cnn1CC(C)C. The molecule has 6 nitrogen and oxygen atoms in total. The predicted molar refractivity (Wildman–Crippen MR) is 94.9 cm³/mol. The number of hydrogen-bond acceptors (Lipinski definition) is 4. The highest BCUT2D eigenvalue weighted by molar-refractivity contribution is 5.45. The maximum atomic E-state index is 6.05. The van der Waals surface area contributed by atoms with Crippen molar-refractivity contribution in [2.75, 3.05) is 18.5 Å². The van der Waals surface area contributed by atoms with Gasteiger partial charge in [-0.1, -0.05) is 13.8 Å². The van der Waals surface area contributed by atoms with Crippen molar-refractivity contribution in [2.45, 2.75) is 46.3 Å². The summed E-state index contributed by atoms with van der Waals surface area (Å²) < 4.78 is 9.98. The van der Waals surface area contributed by atoms with Gasteiger partial charge >= 0.3 is 0 Å². The van der Waals surface area contributed by atoms with Crippen LogP contribution in [0, 0.1) is 18.8 Å². The normalized spacial score (nSPS) is 21.4. The lowest BCUT2D eigenvalue weighted by Crippen LogP contribution is -2.28. The Morgan fingerprint density at radius 1 is 1.33 bits per heavy atom. The van der Waals surface area contributed by atoms with E-state index in [-0.39, 0.29) is 6.10 Å². The van der Waals surface area contributed by atoms with Crippen molar-refractivity contribution in [3.05, 3.63) is 29.8 Å². The van der Waals surface area contributed by atoms with Gasteiger partial charge in [-0.15, -0.1) is 0 Å². The van der Waals surface area contributed by atoms with Gasteiger partial charge in [0.05, 0.1) is 29.9 Å². The van der Waals surface area contributed by atoms with Crippen LogP contribution in [0.4, 0.5) is 5.69 Å². The molecule has 0 radical (unpaired) electrons. The molecule has 1 aliphatic heterocycles. The summed E-state index contributed by atoms with van der Waals surface area (Å²) in [6, 6.07) is 0. The summed E-state index contributed by atoms with van der Waals surface area (Å²) in [6.45, 7) is 9.25. The molecular formula is C18H29N5O. The number of ether oxygens (including phenoxy) is 1. The molecule has 0 unspecified atom stereocenters. The fourth-order valence-electron chi connectivity index (χ4n) is 3.40. The van der Waals surface area contributed by atoms with Crippen molar-refractivity contribution in [1.29, 1.82) is 0 Å². The van der Waals surface area contributed by atoms with Gasteiger partial charge in [0, 0.05) is 44.4 Å². The topological polar surface area (TPSA) is 56.9 Å². The highest BCUT2D eigenvalue weighted by Crippen LogP contribution is 2.33.